The van der Waals surface area contributed by atoms with Crippen molar-refractivity contribution in [2.45, 2.75) is 45.1 Å². The minimum absolute atomic E-state index is 0.0727. The van der Waals surface area contributed by atoms with Gasteiger partial charge in [-0.05, 0) is 38.3 Å². The summed E-state index contributed by atoms with van der Waals surface area (Å²) in [5, 5.41) is 0. The monoisotopic (exact) mass is 275 g/mol. The van der Waals surface area contributed by atoms with E-state index in [0.717, 1.165) is 19.5 Å². The Morgan fingerprint density at radius 2 is 2.10 bits per heavy atom. The lowest BCUT2D eigenvalue weighted by Gasteiger charge is -2.35. The number of benzene rings is 1. The maximum Gasteiger partial charge on any atom is 0.307 e. The first-order valence-corrected chi connectivity index (χ1v) is 7.73. The molecule has 1 aromatic carbocycles. The van der Waals surface area contributed by atoms with Gasteiger partial charge in [0.25, 0.3) is 0 Å². The Morgan fingerprint density at radius 1 is 1.30 bits per heavy atom. The number of nitrogens with zero attached hydrogens (tertiary/aromatic N) is 1. The minimum Gasteiger partial charge on any atom is -0.466 e. The second-order valence-corrected chi connectivity index (χ2v) is 5.43. The van der Waals surface area contributed by atoms with Gasteiger partial charge in [-0.3, -0.25) is 9.69 Å². The topological polar surface area (TPSA) is 29.5 Å². The van der Waals surface area contributed by atoms with Crippen LogP contribution in [0.3, 0.4) is 0 Å². The Balaban J connectivity index is 1.86. The van der Waals surface area contributed by atoms with Crippen molar-refractivity contribution >= 4 is 5.97 Å². The van der Waals surface area contributed by atoms with Crippen LogP contribution in [-0.4, -0.2) is 36.6 Å². The molecule has 3 nitrogen and oxygen atoms in total. The molecule has 0 bridgehead atoms. The molecule has 0 spiro atoms. The third-order valence-electron chi connectivity index (χ3n) is 3.97. The van der Waals surface area contributed by atoms with E-state index in [-0.39, 0.29) is 5.97 Å². The zero-order chi connectivity index (χ0) is 14.2. The number of esters is 1. The van der Waals surface area contributed by atoms with Crippen molar-refractivity contribution < 1.29 is 9.53 Å². The van der Waals surface area contributed by atoms with E-state index >= 15 is 0 Å². The van der Waals surface area contributed by atoms with Gasteiger partial charge < -0.3 is 4.74 Å². The summed E-state index contributed by atoms with van der Waals surface area (Å²) in [4.78, 5) is 14.0. The van der Waals surface area contributed by atoms with Crippen molar-refractivity contribution in [3.63, 3.8) is 0 Å². The van der Waals surface area contributed by atoms with Gasteiger partial charge in [0.2, 0.25) is 0 Å². The molecule has 1 aliphatic heterocycles. The molecule has 0 aliphatic carbocycles. The van der Waals surface area contributed by atoms with Crippen LogP contribution in [0.1, 0.15) is 38.2 Å². The molecular formula is C17H25NO2. The van der Waals surface area contributed by atoms with Crippen LogP contribution < -0.4 is 0 Å². The lowest BCUT2D eigenvalue weighted by molar-refractivity contribution is -0.143. The van der Waals surface area contributed by atoms with E-state index in [0.29, 0.717) is 19.1 Å². The van der Waals surface area contributed by atoms with Crippen LogP contribution in [0.4, 0.5) is 0 Å². The molecular weight excluding hydrogens is 250 g/mol. The van der Waals surface area contributed by atoms with Gasteiger partial charge in [0.15, 0.2) is 0 Å². The van der Waals surface area contributed by atoms with Crippen molar-refractivity contribution in [1.29, 1.82) is 0 Å². The fourth-order valence-electron chi connectivity index (χ4n) is 2.94. The predicted molar refractivity (Wildman–Crippen MR) is 80.6 cm³/mol. The van der Waals surface area contributed by atoms with Crippen molar-refractivity contribution in [2.75, 3.05) is 19.7 Å². The Bertz CT molecular complexity index is 405. The van der Waals surface area contributed by atoms with Gasteiger partial charge in [0.05, 0.1) is 13.0 Å². The fraction of sp³-hybridized carbons (Fsp3) is 0.588. The average molecular weight is 275 g/mol. The van der Waals surface area contributed by atoms with E-state index in [1.165, 1.54) is 24.8 Å². The van der Waals surface area contributed by atoms with Crippen molar-refractivity contribution in [3.8, 4) is 0 Å². The van der Waals surface area contributed by atoms with Gasteiger partial charge in [-0.25, -0.2) is 0 Å². The van der Waals surface area contributed by atoms with Crippen LogP contribution in [0.2, 0.25) is 0 Å². The minimum atomic E-state index is -0.0727. The van der Waals surface area contributed by atoms with Crippen LogP contribution in [0.15, 0.2) is 30.3 Å². The molecule has 1 unspecified atom stereocenters. The number of hydrogen-bond donors (Lipinski definition) is 0. The van der Waals surface area contributed by atoms with Crippen molar-refractivity contribution in [3.05, 3.63) is 35.9 Å². The summed E-state index contributed by atoms with van der Waals surface area (Å²) in [5.41, 5.74) is 1.39. The first kappa shape index (κ1) is 15.0. The number of likely N-dealkylation sites (tertiary alicyclic amines) is 1. The summed E-state index contributed by atoms with van der Waals surface area (Å²) in [6, 6.07) is 11.2. The average Bonchev–Trinajstić information content (AvgIpc) is 2.48. The van der Waals surface area contributed by atoms with Crippen LogP contribution in [0.5, 0.6) is 0 Å². The van der Waals surface area contributed by atoms with Crippen LogP contribution >= 0.6 is 0 Å². The molecule has 1 heterocycles. The van der Waals surface area contributed by atoms with Gasteiger partial charge in [-0.2, -0.15) is 0 Å². The standard InChI is InChI=1S/C17H25NO2/c1-2-20-17(19)11-13-18-12-7-6-10-16(18)14-15-8-4-3-5-9-15/h3-5,8-9,16H,2,6-7,10-14H2,1H3. The maximum absolute atomic E-state index is 11.5. The van der Waals surface area contributed by atoms with E-state index in [9.17, 15) is 4.79 Å². The van der Waals surface area contributed by atoms with Crippen molar-refractivity contribution in [1.82, 2.24) is 4.90 Å². The molecule has 1 aliphatic rings. The van der Waals surface area contributed by atoms with Gasteiger partial charge in [0, 0.05) is 12.6 Å². The molecule has 0 aromatic heterocycles. The molecule has 0 radical (unpaired) electrons. The number of hydrogen-bond acceptors (Lipinski definition) is 3. The molecule has 1 aromatic rings. The summed E-state index contributed by atoms with van der Waals surface area (Å²) in [6.45, 7) is 4.27. The van der Waals surface area contributed by atoms with Gasteiger partial charge >= 0.3 is 5.97 Å². The molecule has 110 valence electrons. The van der Waals surface area contributed by atoms with Crippen molar-refractivity contribution in [2.24, 2.45) is 0 Å². The third-order valence-corrected chi connectivity index (χ3v) is 3.97. The number of carbonyl (C=O) groups excluding carboxylic acids is 1. The fourth-order valence-corrected chi connectivity index (χ4v) is 2.94. The number of rotatable bonds is 6. The maximum atomic E-state index is 11.5. The molecule has 1 saturated heterocycles. The SMILES string of the molecule is CCOC(=O)CCN1CCCCC1Cc1ccccc1. The van der Waals surface area contributed by atoms with E-state index in [4.69, 9.17) is 4.74 Å². The molecule has 1 atom stereocenters. The van der Waals surface area contributed by atoms with Gasteiger partial charge in [-0.15, -0.1) is 0 Å². The van der Waals surface area contributed by atoms with E-state index < -0.39 is 0 Å². The summed E-state index contributed by atoms with van der Waals surface area (Å²) in [7, 11) is 0. The number of ether oxygens (including phenoxy) is 1. The lowest BCUT2D eigenvalue weighted by atomic mass is 9.95. The summed E-state index contributed by atoms with van der Waals surface area (Å²) in [6.07, 6.45) is 5.38. The number of piperidine rings is 1. The van der Waals surface area contributed by atoms with Gasteiger partial charge in [0.1, 0.15) is 0 Å². The second kappa shape index (κ2) is 8.05. The smallest absolute Gasteiger partial charge is 0.307 e. The summed E-state index contributed by atoms with van der Waals surface area (Å²) in [5.74, 6) is -0.0727. The Hall–Kier alpha value is -1.35. The molecule has 1 fully saturated rings. The highest BCUT2D eigenvalue weighted by Crippen LogP contribution is 2.21. The lowest BCUT2D eigenvalue weighted by Crippen LogP contribution is -2.42. The first-order chi connectivity index (χ1) is 9.79. The highest BCUT2D eigenvalue weighted by atomic mass is 16.5. The first-order valence-electron chi connectivity index (χ1n) is 7.73. The Labute approximate surface area is 121 Å². The highest BCUT2D eigenvalue weighted by molar-refractivity contribution is 5.69. The van der Waals surface area contributed by atoms with Crippen LogP contribution in [0, 0.1) is 0 Å². The number of carbonyl (C=O) groups is 1. The Kier molecular flexibility index (Phi) is 6.06. The van der Waals surface area contributed by atoms with E-state index in [1.807, 2.05) is 6.92 Å². The van der Waals surface area contributed by atoms with Gasteiger partial charge in [-0.1, -0.05) is 36.8 Å². The summed E-state index contributed by atoms with van der Waals surface area (Å²) >= 11 is 0. The van der Waals surface area contributed by atoms with Crippen LogP contribution in [-0.2, 0) is 16.0 Å². The quantitative estimate of drug-likeness (QED) is 0.747. The zero-order valence-corrected chi connectivity index (χ0v) is 12.4. The van der Waals surface area contributed by atoms with E-state index in [1.54, 1.807) is 0 Å². The third kappa shape index (κ3) is 4.64. The Morgan fingerprint density at radius 3 is 2.85 bits per heavy atom. The molecule has 20 heavy (non-hydrogen) atoms. The molecule has 3 heteroatoms. The summed E-state index contributed by atoms with van der Waals surface area (Å²) < 4.78 is 5.02. The van der Waals surface area contributed by atoms with E-state index in [2.05, 4.69) is 35.2 Å². The molecule has 0 saturated carbocycles. The normalized spacial score (nSPS) is 19.8. The molecule has 0 amide bonds. The van der Waals surface area contributed by atoms with Crippen LogP contribution in [0.25, 0.3) is 0 Å². The zero-order valence-electron chi connectivity index (χ0n) is 12.4. The largest absolute Gasteiger partial charge is 0.466 e. The second-order valence-electron chi connectivity index (χ2n) is 5.43. The molecule has 0 N–H and O–H groups in total. The predicted octanol–water partition coefficient (Wildman–Crippen LogP) is 3.04. The molecule has 2 rings (SSSR count). The highest BCUT2D eigenvalue weighted by Gasteiger charge is 2.23.